The van der Waals surface area contributed by atoms with Gasteiger partial charge in [0.1, 0.15) is 15.5 Å². The van der Waals surface area contributed by atoms with Crippen LogP contribution in [0, 0.1) is 10.1 Å². The van der Waals surface area contributed by atoms with Crippen molar-refractivity contribution in [3.63, 3.8) is 0 Å². The molecule has 5 rings (SSSR count). The van der Waals surface area contributed by atoms with E-state index in [0.717, 1.165) is 16.4 Å². The van der Waals surface area contributed by atoms with Gasteiger partial charge in [-0.05, 0) is 24.3 Å². The van der Waals surface area contributed by atoms with Crippen molar-refractivity contribution in [2.45, 2.75) is 5.92 Å². The lowest BCUT2D eigenvalue weighted by molar-refractivity contribution is -0.385. The molecule has 1 aliphatic heterocycles. The van der Waals surface area contributed by atoms with Crippen molar-refractivity contribution in [2.24, 2.45) is 16.5 Å². The van der Waals surface area contributed by atoms with Crippen LogP contribution in [-0.2, 0) is 4.79 Å². The number of hydrogen-bond donors (Lipinski definition) is 2. The van der Waals surface area contributed by atoms with Crippen LogP contribution in [0.3, 0.4) is 0 Å². The van der Waals surface area contributed by atoms with Crippen LogP contribution in [0.2, 0.25) is 0 Å². The van der Waals surface area contributed by atoms with Gasteiger partial charge in [-0.15, -0.1) is 0 Å². The van der Waals surface area contributed by atoms with Crippen LogP contribution < -0.4 is 21.0 Å². The minimum Gasteiger partial charge on any atom is -0.384 e. The molecule has 1 amide bonds. The zero-order valence-electron chi connectivity index (χ0n) is 18.2. The standard InChI is InChI=1S/C25H19N5O3S2/c26-22-20(23(27)31)19(17-13-7-8-14-18(17)30(32)33)21-24(28-15-9-3-1-4-10-15)34-35-25(21)29(22)16-11-5-2-6-12-16/h1-14,19H,26H2,(H2,27,31). The molecule has 8 nitrogen and oxygen atoms in total. The maximum Gasteiger partial charge on any atom is 0.273 e. The monoisotopic (exact) mass is 501 g/mol. The highest BCUT2D eigenvalue weighted by Gasteiger charge is 2.41. The van der Waals surface area contributed by atoms with E-state index in [9.17, 15) is 14.9 Å². The summed E-state index contributed by atoms with van der Waals surface area (Å²) in [6.45, 7) is 0. The number of anilines is 2. The number of primary amides is 1. The van der Waals surface area contributed by atoms with E-state index in [2.05, 4.69) is 0 Å². The van der Waals surface area contributed by atoms with Crippen LogP contribution in [0.1, 0.15) is 17.0 Å². The van der Waals surface area contributed by atoms with Crippen molar-refractivity contribution in [1.82, 2.24) is 0 Å². The summed E-state index contributed by atoms with van der Waals surface area (Å²) in [6, 6.07) is 25.1. The van der Waals surface area contributed by atoms with Crippen LogP contribution in [-0.4, -0.2) is 10.8 Å². The number of nitro groups is 1. The second-order valence-electron chi connectivity index (χ2n) is 7.72. The van der Waals surface area contributed by atoms with E-state index in [1.165, 1.54) is 26.7 Å². The first-order valence-electron chi connectivity index (χ1n) is 10.6. The predicted octanol–water partition coefficient (Wildman–Crippen LogP) is 4.89. The third kappa shape index (κ3) is 3.98. The second-order valence-corrected chi connectivity index (χ2v) is 9.83. The average Bonchev–Trinajstić information content (AvgIpc) is 3.27. The normalized spacial score (nSPS) is 15.7. The molecular formula is C25H19N5O3S2. The van der Waals surface area contributed by atoms with Crippen molar-refractivity contribution in [2.75, 3.05) is 4.90 Å². The Hall–Kier alpha value is -4.28. The van der Waals surface area contributed by atoms with Gasteiger partial charge in [0.05, 0.1) is 22.1 Å². The van der Waals surface area contributed by atoms with Crippen LogP contribution in [0.5, 0.6) is 0 Å². The number of rotatable bonds is 5. The topological polar surface area (TPSA) is 128 Å². The molecule has 4 aromatic rings. The highest BCUT2D eigenvalue weighted by Crippen LogP contribution is 2.50. The zero-order chi connectivity index (χ0) is 24.5. The van der Waals surface area contributed by atoms with Crippen molar-refractivity contribution in [3.8, 4) is 0 Å². The quantitative estimate of drug-likeness (QED) is 0.229. The summed E-state index contributed by atoms with van der Waals surface area (Å²) in [7, 11) is 2.86. The number of nitrogens with zero attached hydrogens (tertiary/aromatic N) is 3. The molecule has 0 aliphatic carbocycles. The number of para-hydroxylation sites is 3. The minimum absolute atomic E-state index is 0.0887. The smallest absolute Gasteiger partial charge is 0.273 e. The largest absolute Gasteiger partial charge is 0.384 e. The van der Waals surface area contributed by atoms with Gasteiger partial charge in [-0.1, -0.05) is 75.3 Å². The molecule has 1 unspecified atom stereocenters. The predicted molar refractivity (Wildman–Crippen MR) is 138 cm³/mol. The van der Waals surface area contributed by atoms with Crippen molar-refractivity contribution >= 4 is 48.7 Å². The number of nitrogens with two attached hydrogens (primary N) is 2. The Morgan fingerprint density at radius 2 is 1.57 bits per heavy atom. The first kappa shape index (κ1) is 22.5. The lowest BCUT2D eigenvalue weighted by atomic mass is 9.82. The molecule has 0 spiro atoms. The lowest BCUT2D eigenvalue weighted by Crippen LogP contribution is -2.37. The van der Waals surface area contributed by atoms with Crippen LogP contribution in [0.15, 0.2) is 101 Å². The van der Waals surface area contributed by atoms with E-state index in [-0.39, 0.29) is 17.1 Å². The number of fused-ring (bicyclic) bond motifs is 1. The number of hydrogen-bond acceptors (Lipinski definition) is 8. The van der Waals surface area contributed by atoms with E-state index >= 15 is 0 Å². The van der Waals surface area contributed by atoms with Gasteiger partial charge in [0.2, 0.25) is 5.91 Å². The number of nitro benzene ring substituents is 1. The summed E-state index contributed by atoms with van der Waals surface area (Å²) in [4.78, 5) is 31.0. The lowest BCUT2D eigenvalue weighted by Gasteiger charge is -2.34. The van der Waals surface area contributed by atoms with Crippen LogP contribution >= 0.6 is 20.7 Å². The molecule has 4 N–H and O–H groups in total. The Labute approximate surface area is 207 Å². The molecule has 1 aliphatic rings. The molecule has 0 fully saturated rings. The SMILES string of the molecule is NC(=O)C1=C(N)N(c2ccccc2)c2ssc(=Nc3ccccc3)c2C1c1ccccc1[N+](=O)[O-]. The van der Waals surface area contributed by atoms with Crippen molar-refractivity contribution in [3.05, 3.63) is 122 Å². The van der Waals surface area contributed by atoms with E-state index in [1.807, 2.05) is 60.7 Å². The number of amides is 1. The van der Waals surface area contributed by atoms with Gasteiger partial charge >= 0.3 is 0 Å². The van der Waals surface area contributed by atoms with Crippen molar-refractivity contribution in [1.29, 1.82) is 0 Å². The average molecular weight is 502 g/mol. The summed E-state index contributed by atoms with van der Waals surface area (Å²) in [5, 5.41) is 12.7. The maximum atomic E-state index is 12.9. The second kappa shape index (κ2) is 9.16. The van der Waals surface area contributed by atoms with E-state index in [0.29, 0.717) is 15.8 Å². The highest BCUT2D eigenvalue weighted by molar-refractivity contribution is 7.70. The Morgan fingerprint density at radius 3 is 2.23 bits per heavy atom. The van der Waals surface area contributed by atoms with Gasteiger partial charge in [0.25, 0.3) is 5.69 Å². The summed E-state index contributed by atoms with van der Waals surface area (Å²) < 4.78 is 0.631. The Bertz CT molecular complexity index is 1530. The first-order chi connectivity index (χ1) is 17.0. The number of benzene rings is 3. The van der Waals surface area contributed by atoms with Gasteiger partial charge in [-0.3, -0.25) is 19.8 Å². The Kier molecular flexibility index (Phi) is 5.89. The summed E-state index contributed by atoms with van der Waals surface area (Å²) in [5.41, 5.74) is 14.9. The molecule has 0 saturated heterocycles. The number of carbonyl (C=O) groups is 1. The Morgan fingerprint density at radius 1 is 0.943 bits per heavy atom. The minimum atomic E-state index is -0.853. The van der Waals surface area contributed by atoms with E-state index in [4.69, 9.17) is 16.5 Å². The zero-order valence-corrected chi connectivity index (χ0v) is 19.8. The van der Waals surface area contributed by atoms with Gasteiger partial charge in [-0.25, -0.2) is 4.99 Å². The molecule has 35 heavy (non-hydrogen) atoms. The molecule has 2 heterocycles. The number of carbonyl (C=O) groups excluding carboxylic acids is 1. The summed E-state index contributed by atoms with van der Waals surface area (Å²) >= 11 is 0. The van der Waals surface area contributed by atoms with Gasteiger partial charge in [0.15, 0.2) is 0 Å². The highest BCUT2D eigenvalue weighted by atomic mass is 32.9. The van der Waals surface area contributed by atoms with Gasteiger partial charge in [0, 0.05) is 22.9 Å². The third-order valence-corrected chi connectivity index (χ3v) is 7.98. The van der Waals surface area contributed by atoms with E-state index in [1.54, 1.807) is 23.1 Å². The molecule has 174 valence electrons. The molecule has 0 bridgehead atoms. The molecular weight excluding hydrogens is 482 g/mol. The molecule has 0 radical (unpaired) electrons. The fourth-order valence-electron chi connectivity index (χ4n) is 4.20. The van der Waals surface area contributed by atoms with Gasteiger partial charge < -0.3 is 11.5 Å². The van der Waals surface area contributed by atoms with E-state index < -0.39 is 16.7 Å². The molecule has 1 atom stereocenters. The molecule has 10 heteroatoms. The van der Waals surface area contributed by atoms with Crippen LogP contribution in [0.25, 0.3) is 0 Å². The van der Waals surface area contributed by atoms with Crippen LogP contribution in [0.4, 0.5) is 22.1 Å². The molecule has 0 saturated carbocycles. The van der Waals surface area contributed by atoms with Gasteiger partial charge in [-0.2, -0.15) is 0 Å². The molecule has 3 aromatic carbocycles. The third-order valence-electron chi connectivity index (χ3n) is 5.67. The summed E-state index contributed by atoms with van der Waals surface area (Å²) in [6.07, 6.45) is 0. The summed E-state index contributed by atoms with van der Waals surface area (Å²) in [5.74, 6) is -1.47. The molecule has 1 aromatic heterocycles. The Balaban J connectivity index is 1.87. The van der Waals surface area contributed by atoms with Crippen molar-refractivity contribution < 1.29 is 9.72 Å². The fourth-order valence-corrected chi connectivity index (χ4v) is 6.80. The maximum absolute atomic E-state index is 12.9. The first-order valence-corrected chi connectivity index (χ1v) is 12.7. The fraction of sp³-hybridized carbons (Fsp3) is 0.0400.